The summed E-state index contributed by atoms with van der Waals surface area (Å²) in [6.07, 6.45) is 3.50. The molecule has 0 fully saturated rings. The lowest BCUT2D eigenvalue weighted by molar-refractivity contribution is 0.0954. The lowest BCUT2D eigenvalue weighted by Gasteiger charge is -2.08. The van der Waals surface area contributed by atoms with Crippen LogP contribution in [0.4, 0.5) is 0 Å². The topological polar surface area (TPSA) is 84.0 Å². The maximum absolute atomic E-state index is 12.6. The number of rotatable bonds is 8. The number of unbranched alkanes of at least 4 members (excludes halogenated alkanes) is 2. The van der Waals surface area contributed by atoms with Crippen molar-refractivity contribution >= 4 is 16.8 Å². The summed E-state index contributed by atoms with van der Waals surface area (Å²) in [7, 11) is 0. The van der Waals surface area contributed by atoms with Crippen molar-refractivity contribution < 1.29 is 4.79 Å². The van der Waals surface area contributed by atoms with Gasteiger partial charge >= 0.3 is 5.69 Å². The minimum Gasteiger partial charge on any atom is -0.352 e. The Bertz CT molecular complexity index is 1070. The van der Waals surface area contributed by atoms with Crippen LogP contribution >= 0.6 is 0 Å². The number of amides is 1. The zero-order valence-corrected chi connectivity index (χ0v) is 16.0. The molecular formula is C22H25N3O3. The number of benzene rings is 2. The maximum atomic E-state index is 12.6. The van der Waals surface area contributed by atoms with Crippen molar-refractivity contribution in [2.45, 2.75) is 39.2 Å². The lowest BCUT2D eigenvalue weighted by Crippen LogP contribution is -2.35. The number of nitrogens with one attached hydrogen (secondary N) is 2. The molecule has 0 bridgehead atoms. The number of H-pyrrole nitrogens is 1. The fraction of sp³-hybridized carbons (Fsp3) is 0.318. The Labute approximate surface area is 163 Å². The van der Waals surface area contributed by atoms with Crippen molar-refractivity contribution in [2.24, 2.45) is 0 Å². The first kappa shape index (κ1) is 19.6. The molecule has 0 atom stereocenters. The zero-order chi connectivity index (χ0) is 19.9. The van der Waals surface area contributed by atoms with Gasteiger partial charge in [-0.15, -0.1) is 0 Å². The van der Waals surface area contributed by atoms with Gasteiger partial charge in [0.2, 0.25) is 0 Å². The highest BCUT2D eigenvalue weighted by Crippen LogP contribution is 2.10. The summed E-state index contributed by atoms with van der Waals surface area (Å²) in [6.45, 7) is 2.98. The first-order valence-electron chi connectivity index (χ1n) is 9.69. The Morgan fingerprint density at radius 1 is 1.07 bits per heavy atom. The average molecular weight is 379 g/mol. The van der Waals surface area contributed by atoms with Crippen LogP contribution in [-0.4, -0.2) is 22.0 Å². The summed E-state index contributed by atoms with van der Waals surface area (Å²) in [5.41, 5.74) is 1.20. The molecule has 3 rings (SSSR count). The van der Waals surface area contributed by atoms with Crippen molar-refractivity contribution in [3.05, 3.63) is 80.5 Å². The molecule has 0 radical (unpaired) electrons. The molecule has 0 saturated heterocycles. The Kier molecular flexibility index (Phi) is 6.42. The van der Waals surface area contributed by atoms with Crippen LogP contribution in [0, 0.1) is 0 Å². The summed E-state index contributed by atoms with van der Waals surface area (Å²) in [4.78, 5) is 40.0. The zero-order valence-electron chi connectivity index (χ0n) is 16.0. The van der Waals surface area contributed by atoms with E-state index in [0.29, 0.717) is 29.6 Å². The highest BCUT2D eigenvalue weighted by molar-refractivity contribution is 5.97. The fourth-order valence-electron chi connectivity index (χ4n) is 3.19. The van der Waals surface area contributed by atoms with Crippen molar-refractivity contribution in [3.8, 4) is 0 Å². The SMILES string of the molecule is CCCCCn1c(=O)[nH]c2cc(C(=O)NCCc3ccccc3)ccc2c1=O. The van der Waals surface area contributed by atoms with Crippen molar-refractivity contribution in [1.29, 1.82) is 0 Å². The number of fused-ring (bicyclic) bond motifs is 1. The van der Waals surface area contributed by atoms with E-state index in [1.54, 1.807) is 18.2 Å². The van der Waals surface area contributed by atoms with Crippen LogP contribution < -0.4 is 16.6 Å². The van der Waals surface area contributed by atoms with Gasteiger partial charge in [0.25, 0.3) is 11.5 Å². The Morgan fingerprint density at radius 3 is 2.61 bits per heavy atom. The smallest absolute Gasteiger partial charge is 0.328 e. The highest BCUT2D eigenvalue weighted by atomic mass is 16.2. The van der Waals surface area contributed by atoms with Gasteiger partial charge in [0.1, 0.15) is 0 Å². The van der Waals surface area contributed by atoms with Crippen molar-refractivity contribution in [2.75, 3.05) is 6.54 Å². The third-order valence-corrected chi connectivity index (χ3v) is 4.77. The number of hydrogen-bond acceptors (Lipinski definition) is 3. The molecule has 28 heavy (non-hydrogen) atoms. The molecule has 146 valence electrons. The fourth-order valence-corrected chi connectivity index (χ4v) is 3.19. The largest absolute Gasteiger partial charge is 0.352 e. The molecule has 2 aromatic carbocycles. The number of aromatic nitrogens is 2. The molecule has 1 aromatic heterocycles. The molecule has 6 heteroatoms. The molecule has 0 aliphatic carbocycles. The minimum absolute atomic E-state index is 0.231. The van der Waals surface area contributed by atoms with Gasteiger partial charge < -0.3 is 10.3 Å². The molecule has 3 aromatic rings. The molecule has 0 unspecified atom stereocenters. The standard InChI is InChI=1S/C22H25N3O3/c1-2-3-7-14-25-21(27)18-11-10-17(15-19(18)24-22(25)28)20(26)23-13-12-16-8-5-4-6-9-16/h4-6,8-11,15H,2-3,7,12-14H2,1H3,(H,23,26)(H,24,28). The van der Waals surface area contributed by atoms with Crippen LogP contribution in [0.15, 0.2) is 58.1 Å². The molecule has 0 aliphatic heterocycles. The van der Waals surface area contributed by atoms with Crippen molar-refractivity contribution in [3.63, 3.8) is 0 Å². The predicted octanol–water partition coefficient (Wildman–Crippen LogP) is 2.85. The summed E-state index contributed by atoms with van der Waals surface area (Å²) >= 11 is 0. The third-order valence-electron chi connectivity index (χ3n) is 4.77. The molecule has 0 aliphatic rings. The van der Waals surface area contributed by atoms with Gasteiger partial charge in [-0.25, -0.2) is 4.79 Å². The Balaban J connectivity index is 1.74. The first-order chi connectivity index (χ1) is 13.6. The number of hydrogen-bond donors (Lipinski definition) is 2. The van der Waals surface area contributed by atoms with E-state index in [0.717, 1.165) is 31.2 Å². The van der Waals surface area contributed by atoms with Gasteiger partial charge in [0, 0.05) is 18.7 Å². The second kappa shape index (κ2) is 9.17. The van der Waals surface area contributed by atoms with Gasteiger partial charge in [-0.1, -0.05) is 50.1 Å². The van der Waals surface area contributed by atoms with Crippen LogP contribution in [0.5, 0.6) is 0 Å². The van der Waals surface area contributed by atoms with E-state index < -0.39 is 5.69 Å². The minimum atomic E-state index is -0.435. The van der Waals surface area contributed by atoms with E-state index in [-0.39, 0.29) is 11.5 Å². The van der Waals surface area contributed by atoms with Crippen LogP contribution in [0.3, 0.4) is 0 Å². The van der Waals surface area contributed by atoms with E-state index in [9.17, 15) is 14.4 Å². The van der Waals surface area contributed by atoms with Crippen LogP contribution in [0.1, 0.15) is 42.1 Å². The lowest BCUT2D eigenvalue weighted by atomic mass is 10.1. The number of nitrogens with zero attached hydrogens (tertiary/aromatic N) is 1. The van der Waals surface area contributed by atoms with E-state index in [2.05, 4.69) is 17.2 Å². The van der Waals surface area contributed by atoms with E-state index in [4.69, 9.17) is 0 Å². The number of carbonyl (C=O) groups excluding carboxylic acids is 1. The number of carbonyl (C=O) groups is 1. The third kappa shape index (κ3) is 4.57. The number of aromatic amines is 1. The Hall–Kier alpha value is -3.15. The predicted molar refractivity (Wildman–Crippen MR) is 111 cm³/mol. The molecule has 0 saturated carbocycles. The normalized spacial score (nSPS) is 10.9. The van der Waals surface area contributed by atoms with Gasteiger partial charge in [0.15, 0.2) is 0 Å². The second-order valence-electron chi connectivity index (χ2n) is 6.85. The van der Waals surface area contributed by atoms with Gasteiger partial charge in [-0.2, -0.15) is 0 Å². The quantitative estimate of drug-likeness (QED) is 0.590. The molecular weight excluding hydrogens is 354 g/mol. The van der Waals surface area contributed by atoms with E-state index >= 15 is 0 Å². The van der Waals surface area contributed by atoms with Crippen LogP contribution in [0.2, 0.25) is 0 Å². The highest BCUT2D eigenvalue weighted by Gasteiger charge is 2.11. The van der Waals surface area contributed by atoms with Crippen LogP contribution in [-0.2, 0) is 13.0 Å². The summed E-state index contributed by atoms with van der Waals surface area (Å²) in [6, 6.07) is 14.7. The molecule has 0 spiro atoms. The molecule has 2 N–H and O–H groups in total. The maximum Gasteiger partial charge on any atom is 0.328 e. The second-order valence-corrected chi connectivity index (χ2v) is 6.85. The monoisotopic (exact) mass is 379 g/mol. The molecule has 6 nitrogen and oxygen atoms in total. The Morgan fingerprint density at radius 2 is 1.86 bits per heavy atom. The molecule has 1 heterocycles. The van der Waals surface area contributed by atoms with Crippen molar-refractivity contribution in [1.82, 2.24) is 14.9 Å². The summed E-state index contributed by atoms with van der Waals surface area (Å²) in [5.74, 6) is -0.231. The van der Waals surface area contributed by atoms with Gasteiger partial charge in [0.05, 0.1) is 10.9 Å². The van der Waals surface area contributed by atoms with E-state index in [1.165, 1.54) is 4.57 Å². The first-order valence-corrected chi connectivity index (χ1v) is 9.69. The summed E-state index contributed by atoms with van der Waals surface area (Å²) < 4.78 is 1.23. The van der Waals surface area contributed by atoms with Gasteiger partial charge in [-0.3, -0.25) is 14.2 Å². The summed E-state index contributed by atoms with van der Waals surface area (Å²) in [5, 5.41) is 3.29. The average Bonchev–Trinajstić information content (AvgIpc) is 2.71. The van der Waals surface area contributed by atoms with E-state index in [1.807, 2.05) is 30.3 Å². The van der Waals surface area contributed by atoms with Gasteiger partial charge in [-0.05, 0) is 36.6 Å². The van der Waals surface area contributed by atoms with Crippen LogP contribution in [0.25, 0.3) is 10.9 Å². The molecule has 1 amide bonds.